The van der Waals surface area contributed by atoms with E-state index in [-0.39, 0.29) is 12.7 Å². The Morgan fingerprint density at radius 3 is 2.61 bits per heavy atom. The maximum Gasteiger partial charge on any atom is 0.409 e. The van der Waals surface area contributed by atoms with Crippen molar-refractivity contribution in [3.05, 3.63) is 64.3 Å². The molecule has 0 bridgehead atoms. The fourth-order valence-electron chi connectivity index (χ4n) is 3.50. The molecule has 0 saturated carbocycles. The van der Waals surface area contributed by atoms with E-state index >= 15 is 0 Å². The van der Waals surface area contributed by atoms with Crippen LogP contribution in [0.4, 0.5) is 4.79 Å². The van der Waals surface area contributed by atoms with Gasteiger partial charge in [-0.05, 0) is 36.6 Å². The Bertz CT molecular complexity index is 1050. The molecule has 0 radical (unpaired) electrons. The summed E-state index contributed by atoms with van der Waals surface area (Å²) in [5.41, 5.74) is 3.05. The number of amides is 1. The van der Waals surface area contributed by atoms with Crippen LogP contribution < -0.4 is 0 Å². The highest BCUT2D eigenvalue weighted by Gasteiger charge is 2.17. The first-order valence-corrected chi connectivity index (χ1v) is 15.9. The SMILES string of the molecule is CN(CCCc1c2c(Br)cccc2nn1COCC[Si](C)(C)C)C(=O)OCc1ccccc1. The lowest BCUT2D eigenvalue weighted by atomic mass is 10.1. The summed E-state index contributed by atoms with van der Waals surface area (Å²) in [5.74, 6) is 0. The number of nitrogens with zero attached hydrogens (tertiary/aromatic N) is 3. The second-order valence-corrected chi connectivity index (χ2v) is 16.0. The predicted octanol–water partition coefficient (Wildman–Crippen LogP) is 6.31. The van der Waals surface area contributed by atoms with Crippen molar-refractivity contribution in [2.75, 3.05) is 20.2 Å². The van der Waals surface area contributed by atoms with Gasteiger partial charge in [-0.25, -0.2) is 9.48 Å². The maximum absolute atomic E-state index is 12.4. The summed E-state index contributed by atoms with van der Waals surface area (Å²) in [4.78, 5) is 14.0. The van der Waals surface area contributed by atoms with Crippen LogP contribution in [0.3, 0.4) is 0 Å². The topological polar surface area (TPSA) is 56.6 Å². The summed E-state index contributed by atoms with van der Waals surface area (Å²) < 4.78 is 14.4. The summed E-state index contributed by atoms with van der Waals surface area (Å²) in [5, 5.41) is 5.88. The van der Waals surface area contributed by atoms with Gasteiger partial charge in [-0.2, -0.15) is 5.10 Å². The molecule has 0 saturated heterocycles. The standard InChI is InChI=1S/C25H34BrN3O3Si/c1-28(25(30)32-18-20-10-6-5-7-11-20)15-9-14-23-24-21(26)12-8-13-22(24)27-29(23)19-31-16-17-33(2,3)4/h5-8,10-13H,9,14-19H2,1-4H3. The average Bonchev–Trinajstić information content (AvgIpc) is 3.13. The second-order valence-electron chi connectivity index (χ2n) is 9.49. The van der Waals surface area contributed by atoms with Gasteiger partial charge in [0.15, 0.2) is 0 Å². The third-order valence-corrected chi connectivity index (χ3v) is 7.82. The molecule has 1 aromatic heterocycles. The first-order chi connectivity index (χ1) is 15.7. The molecule has 8 heteroatoms. The van der Waals surface area contributed by atoms with Crippen LogP contribution in [0.1, 0.15) is 17.7 Å². The van der Waals surface area contributed by atoms with Gasteiger partial charge in [-0.15, -0.1) is 0 Å². The maximum atomic E-state index is 12.4. The normalized spacial score (nSPS) is 11.7. The highest BCUT2D eigenvalue weighted by molar-refractivity contribution is 9.10. The van der Waals surface area contributed by atoms with E-state index in [0.29, 0.717) is 13.3 Å². The van der Waals surface area contributed by atoms with Crippen LogP contribution in [0.25, 0.3) is 10.9 Å². The summed E-state index contributed by atoms with van der Waals surface area (Å²) in [6, 6.07) is 16.9. The van der Waals surface area contributed by atoms with Gasteiger partial charge in [0.25, 0.3) is 0 Å². The summed E-state index contributed by atoms with van der Waals surface area (Å²) in [7, 11) is 0.642. The number of benzene rings is 2. The van der Waals surface area contributed by atoms with Crippen LogP contribution in [-0.4, -0.2) is 49.0 Å². The van der Waals surface area contributed by atoms with Crippen molar-refractivity contribution in [1.29, 1.82) is 0 Å². The molecule has 0 fully saturated rings. The van der Waals surface area contributed by atoms with E-state index in [0.717, 1.165) is 52.1 Å². The molecular weight excluding hydrogens is 498 g/mol. The molecule has 0 N–H and O–H groups in total. The number of halogens is 1. The highest BCUT2D eigenvalue weighted by atomic mass is 79.9. The predicted molar refractivity (Wildman–Crippen MR) is 139 cm³/mol. The zero-order chi connectivity index (χ0) is 23.8. The number of carbonyl (C=O) groups excluding carboxylic acids is 1. The largest absolute Gasteiger partial charge is 0.445 e. The van der Waals surface area contributed by atoms with Crippen molar-refractivity contribution in [3.8, 4) is 0 Å². The van der Waals surface area contributed by atoms with E-state index in [1.165, 1.54) is 0 Å². The molecule has 3 rings (SSSR count). The van der Waals surface area contributed by atoms with Gasteiger partial charge >= 0.3 is 6.09 Å². The molecular formula is C25H34BrN3O3Si. The van der Waals surface area contributed by atoms with Gasteiger partial charge in [0.1, 0.15) is 13.3 Å². The van der Waals surface area contributed by atoms with Crippen molar-refractivity contribution in [2.45, 2.75) is 51.9 Å². The minimum Gasteiger partial charge on any atom is -0.445 e. The Morgan fingerprint density at radius 2 is 1.88 bits per heavy atom. The minimum atomic E-state index is -1.13. The fraction of sp³-hybridized carbons (Fsp3) is 0.440. The third-order valence-electron chi connectivity index (χ3n) is 5.45. The zero-order valence-electron chi connectivity index (χ0n) is 20.0. The number of fused-ring (bicyclic) bond motifs is 1. The first-order valence-electron chi connectivity index (χ1n) is 11.4. The summed E-state index contributed by atoms with van der Waals surface area (Å²) in [6.07, 6.45) is 1.27. The van der Waals surface area contributed by atoms with Gasteiger partial charge in [-0.1, -0.05) is 72.0 Å². The molecule has 6 nitrogen and oxygen atoms in total. The van der Waals surface area contributed by atoms with Crippen LogP contribution in [0.15, 0.2) is 53.0 Å². The van der Waals surface area contributed by atoms with Crippen LogP contribution in [0, 0.1) is 0 Å². The Hall–Kier alpha value is -2.16. The van der Waals surface area contributed by atoms with E-state index < -0.39 is 8.07 Å². The van der Waals surface area contributed by atoms with Crippen molar-refractivity contribution < 1.29 is 14.3 Å². The number of hydrogen-bond donors (Lipinski definition) is 0. The van der Waals surface area contributed by atoms with Crippen LogP contribution in [-0.2, 0) is 29.2 Å². The Morgan fingerprint density at radius 1 is 1.12 bits per heavy atom. The number of aromatic nitrogens is 2. The summed E-state index contributed by atoms with van der Waals surface area (Å²) in [6.45, 7) is 9.12. The molecule has 0 aliphatic heterocycles. The van der Waals surface area contributed by atoms with Crippen molar-refractivity contribution in [3.63, 3.8) is 0 Å². The lowest BCUT2D eigenvalue weighted by molar-refractivity contribution is 0.0767. The van der Waals surface area contributed by atoms with Crippen molar-refractivity contribution in [2.24, 2.45) is 0 Å². The van der Waals surface area contributed by atoms with Gasteiger partial charge < -0.3 is 14.4 Å². The number of ether oxygens (including phenoxy) is 2. The quantitative estimate of drug-likeness (QED) is 0.215. The average molecular weight is 533 g/mol. The molecule has 2 aromatic carbocycles. The molecule has 1 heterocycles. The monoisotopic (exact) mass is 531 g/mol. The fourth-order valence-corrected chi connectivity index (χ4v) is 4.84. The van der Waals surface area contributed by atoms with E-state index in [1.54, 1.807) is 11.9 Å². The number of carbonyl (C=O) groups is 1. The van der Waals surface area contributed by atoms with Gasteiger partial charge in [0.05, 0.1) is 11.2 Å². The molecule has 0 spiro atoms. The molecule has 0 aliphatic carbocycles. The van der Waals surface area contributed by atoms with E-state index in [4.69, 9.17) is 14.6 Å². The second kappa shape index (κ2) is 11.8. The zero-order valence-corrected chi connectivity index (χ0v) is 22.6. The molecule has 0 aliphatic rings. The van der Waals surface area contributed by atoms with E-state index in [2.05, 4.69) is 35.6 Å². The Kier molecular flexibility index (Phi) is 9.11. The molecule has 33 heavy (non-hydrogen) atoms. The molecule has 3 aromatic rings. The Balaban J connectivity index is 1.58. The van der Waals surface area contributed by atoms with Crippen LogP contribution >= 0.6 is 15.9 Å². The lowest BCUT2D eigenvalue weighted by Crippen LogP contribution is -2.28. The highest BCUT2D eigenvalue weighted by Crippen LogP contribution is 2.28. The smallest absolute Gasteiger partial charge is 0.409 e. The molecule has 0 unspecified atom stereocenters. The number of rotatable bonds is 11. The van der Waals surface area contributed by atoms with Crippen molar-refractivity contribution in [1.82, 2.24) is 14.7 Å². The van der Waals surface area contributed by atoms with Gasteiger partial charge in [-0.3, -0.25) is 0 Å². The van der Waals surface area contributed by atoms with Crippen LogP contribution in [0.5, 0.6) is 0 Å². The third kappa shape index (κ3) is 7.69. The van der Waals surface area contributed by atoms with E-state index in [1.807, 2.05) is 53.2 Å². The Labute approximate surface area is 206 Å². The van der Waals surface area contributed by atoms with Gasteiger partial charge in [0.2, 0.25) is 0 Å². The van der Waals surface area contributed by atoms with Gasteiger partial charge in [0, 0.05) is 38.1 Å². The van der Waals surface area contributed by atoms with Crippen molar-refractivity contribution >= 4 is 41.0 Å². The minimum absolute atomic E-state index is 0.281. The van der Waals surface area contributed by atoms with Crippen LogP contribution in [0.2, 0.25) is 25.7 Å². The summed E-state index contributed by atoms with van der Waals surface area (Å²) >= 11 is 3.68. The molecule has 1 amide bonds. The lowest BCUT2D eigenvalue weighted by Gasteiger charge is -2.18. The first kappa shape index (κ1) is 25.5. The molecule has 178 valence electrons. The molecule has 0 atom stereocenters. The number of aryl methyl sites for hydroxylation is 1. The van der Waals surface area contributed by atoms with E-state index in [9.17, 15) is 4.79 Å². The number of hydrogen-bond acceptors (Lipinski definition) is 4.